The maximum absolute atomic E-state index is 11.6. The summed E-state index contributed by atoms with van der Waals surface area (Å²) in [6.45, 7) is 6.35. The van der Waals surface area contributed by atoms with Crippen molar-refractivity contribution in [1.29, 1.82) is 0 Å². The van der Waals surface area contributed by atoms with Gasteiger partial charge < -0.3 is 11.1 Å². The Kier molecular flexibility index (Phi) is 4.58. The number of hydrogen-bond donors (Lipinski definition) is 2. The molecule has 0 aromatic heterocycles. The summed E-state index contributed by atoms with van der Waals surface area (Å²) in [5.41, 5.74) is 5.59. The maximum atomic E-state index is 11.6. The third kappa shape index (κ3) is 3.49. The molecular formula is C12H24N2O. The smallest absolute Gasteiger partial charge is 0.221 e. The van der Waals surface area contributed by atoms with E-state index in [2.05, 4.69) is 19.2 Å². The van der Waals surface area contributed by atoms with Crippen LogP contribution in [0.4, 0.5) is 0 Å². The van der Waals surface area contributed by atoms with Crippen LogP contribution < -0.4 is 11.1 Å². The van der Waals surface area contributed by atoms with E-state index in [0.717, 1.165) is 12.3 Å². The summed E-state index contributed by atoms with van der Waals surface area (Å²) >= 11 is 0. The lowest BCUT2D eigenvalue weighted by Gasteiger charge is -2.21. The number of carbonyl (C=O) groups is 1. The van der Waals surface area contributed by atoms with Gasteiger partial charge in [-0.1, -0.05) is 20.3 Å². The van der Waals surface area contributed by atoms with Crippen molar-refractivity contribution in [3.63, 3.8) is 0 Å². The first-order valence-corrected chi connectivity index (χ1v) is 6.09. The number of amides is 1. The Morgan fingerprint density at radius 1 is 1.53 bits per heavy atom. The normalized spacial score (nSPS) is 32.7. The van der Waals surface area contributed by atoms with Crippen LogP contribution in [0.15, 0.2) is 0 Å². The van der Waals surface area contributed by atoms with Crippen LogP contribution in [-0.2, 0) is 4.79 Å². The van der Waals surface area contributed by atoms with Crippen LogP contribution in [0.25, 0.3) is 0 Å². The Labute approximate surface area is 92.8 Å². The fourth-order valence-electron chi connectivity index (χ4n) is 2.59. The molecule has 0 heterocycles. The Balaban J connectivity index is 2.36. The molecule has 1 fully saturated rings. The number of hydrogen-bond acceptors (Lipinski definition) is 2. The van der Waals surface area contributed by atoms with Crippen LogP contribution in [0, 0.1) is 11.8 Å². The molecule has 88 valence electrons. The molecule has 0 bridgehead atoms. The minimum Gasteiger partial charge on any atom is -0.353 e. The van der Waals surface area contributed by atoms with E-state index in [0.29, 0.717) is 18.4 Å². The molecule has 3 nitrogen and oxygen atoms in total. The largest absolute Gasteiger partial charge is 0.353 e. The summed E-state index contributed by atoms with van der Waals surface area (Å²) in [5.74, 6) is 1.51. The molecule has 3 N–H and O–H groups in total. The van der Waals surface area contributed by atoms with Crippen molar-refractivity contribution in [3.05, 3.63) is 0 Å². The molecule has 0 aromatic carbocycles. The van der Waals surface area contributed by atoms with Gasteiger partial charge in [0.1, 0.15) is 0 Å². The summed E-state index contributed by atoms with van der Waals surface area (Å²) in [6.07, 6.45) is 4.05. The van der Waals surface area contributed by atoms with Crippen molar-refractivity contribution in [3.8, 4) is 0 Å². The van der Waals surface area contributed by atoms with E-state index in [1.807, 2.05) is 6.92 Å². The second-order valence-electron chi connectivity index (χ2n) is 4.96. The Bertz CT molecular complexity index is 216. The van der Waals surface area contributed by atoms with Crippen molar-refractivity contribution in [2.45, 2.75) is 58.5 Å². The highest BCUT2D eigenvalue weighted by atomic mass is 16.1. The fraction of sp³-hybridized carbons (Fsp3) is 0.917. The van der Waals surface area contributed by atoms with Crippen LogP contribution in [0.5, 0.6) is 0 Å². The predicted octanol–water partition coefficient (Wildman–Crippen LogP) is 1.66. The van der Waals surface area contributed by atoms with Crippen LogP contribution >= 0.6 is 0 Å². The van der Waals surface area contributed by atoms with E-state index in [4.69, 9.17) is 5.73 Å². The first-order valence-electron chi connectivity index (χ1n) is 6.09. The zero-order valence-corrected chi connectivity index (χ0v) is 10.1. The summed E-state index contributed by atoms with van der Waals surface area (Å²) in [4.78, 5) is 11.6. The molecule has 1 aliphatic carbocycles. The van der Waals surface area contributed by atoms with Crippen molar-refractivity contribution in [2.24, 2.45) is 17.6 Å². The monoisotopic (exact) mass is 212 g/mol. The van der Waals surface area contributed by atoms with Gasteiger partial charge in [-0.3, -0.25) is 4.79 Å². The van der Waals surface area contributed by atoms with Crippen LogP contribution in [0.3, 0.4) is 0 Å². The molecule has 1 amide bonds. The van der Waals surface area contributed by atoms with Crippen molar-refractivity contribution in [2.75, 3.05) is 0 Å². The highest BCUT2D eigenvalue weighted by Crippen LogP contribution is 2.33. The molecular weight excluding hydrogens is 188 g/mol. The summed E-state index contributed by atoms with van der Waals surface area (Å²) in [6, 6.07) is 0.338. The maximum Gasteiger partial charge on any atom is 0.221 e. The van der Waals surface area contributed by atoms with E-state index in [1.54, 1.807) is 0 Å². The molecule has 1 saturated carbocycles. The van der Waals surface area contributed by atoms with Crippen LogP contribution in [0.1, 0.15) is 46.5 Å². The summed E-state index contributed by atoms with van der Waals surface area (Å²) in [5, 5.41) is 3.11. The number of rotatable bonds is 4. The van der Waals surface area contributed by atoms with E-state index in [-0.39, 0.29) is 11.9 Å². The molecule has 4 atom stereocenters. The lowest BCUT2D eigenvalue weighted by atomic mass is 9.93. The molecule has 0 aromatic rings. The van der Waals surface area contributed by atoms with E-state index >= 15 is 0 Å². The van der Waals surface area contributed by atoms with Gasteiger partial charge in [0.25, 0.3) is 0 Å². The molecule has 3 heteroatoms. The summed E-state index contributed by atoms with van der Waals surface area (Å²) < 4.78 is 0. The van der Waals surface area contributed by atoms with Gasteiger partial charge in [0.05, 0.1) is 0 Å². The van der Waals surface area contributed by atoms with Gasteiger partial charge >= 0.3 is 0 Å². The Morgan fingerprint density at radius 2 is 2.20 bits per heavy atom. The van der Waals surface area contributed by atoms with Crippen molar-refractivity contribution >= 4 is 5.91 Å². The highest BCUT2D eigenvalue weighted by Gasteiger charge is 2.32. The standard InChI is InChI=1S/C12H24N2O/c1-4-10-5-6-11(9(10)3)14-12(15)7-8(2)13/h8-11H,4-7,13H2,1-3H3,(H,14,15). The number of nitrogens with one attached hydrogen (secondary N) is 1. The van der Waals surface area contributed by atoms with Gasteiger partial charge in [0.2, 0.25) is 5.91 Å². The molecule has 1 rings (SSSR count). The highest BCUT2D eigenvalue weighted by molar-refractivity contribution is 5.76. The van der Waals surface area contributed by atoms with Gasteiger partial charge in [0, 0.05) is 18.5 Å². The molecule has 4 unspecified atom stereocenters. The quantitative estimate of drug-likeness (QED) is 0.744. The topological polar surface area (TPSA) is 55.1 Å². The zero-order chi connectivity index (χ0) is 11.4. The lowest BCUT2D eigenvalue weighted by Crippen LogP contribution is -2.39. The average molecular weight is 212 g/mol. The first kappa shape index (κ1) is 12.5. The van der Waals surface area contributed by atoms with Crippen molar-refractivity contribution < 1.29 is 4.79 Å². The van der Waals surface area contributed by atoms with Crippen LogP contribution in [-0.4, -0.2) is 18.0 Å². The average Bonchev–Trinajstić information content (AvgIpc) is 2.46. The van der Waals surface area contributed by atoms with Gasteiger partial charge in [-0.2, -0.15) is 0 Å². The van der Waals surface area contributed by atoms with Gasteiger partial charge in [0.15, 0.2) is 0 Å². The Hall–Kier alpha value is -0.570. The third-order valence-corrected chi connectivity index (χ3v) is 3.60. The summed E-state index contributed by atoms with van der Waals surface area (Å²) in [7, 11) is 0. The SMILES string of the molecule is CCC1CCC(NC(=O)CC(C)N)C1C. The molecule has 0 radical (unpaired) electrons. The number of nitrogens with two attached hydrogens (primary N) is 1. The second-order valence-corrected chi connectivity index (χ2v) is 4.96. The predicted molar refractivity (Wildman–Crippen MR) is 62.4 cm³/mol. The molecule has 0 saturated heterocycles. The Morgan fingerprint density at radius 3 is 2.67 bits per heavy atom. The van der Waals surface area contributed by atoms with Gasteiger partial charge in [-0.15, -0.1) is 0 Å². The molecule has 15 heavy (non-hydrogen) atoms. The van der Waals surface area contributed by atoms with E-state index in [9.17, 15) is 4.79 Å². The van der Waals surface area contributed by atoms with Gasteiger partial charge in [-0.25, -0.2) is 0 Å². The van der Waals surface area contributed by atoms with Gasteiger partial charge in [-0.05, 0) is 31.6 Å². The molecule has 1 aliphatic rings. The zero-order valence-electron chi connectivity index (χ0n) is 10.1. The molecule has 0 aliphatic heterocycles. The van der Waals surface area contributed by atoms with E-state index < -0.39 is 0 Å². The fourth-order valence-corrected chi connectivity index (χ4v) is 2.59. The third-order valence-electron chi connectivity index (χ3n) is 3.60. The first-order chi connectivity index (χ1) is 7.04. The van der Waals surface area contributed by atoms with Crippen molar-refractivity contribution in [1.82, 2.24) is 5.32 Å². The lowest BCUT2D eigenvalue weighted by molar-refractivity contribution is -0.122. The molecule has 0 spiro atoms. The minimum absolute atomic E-state index is 0.0383. The number of carbonyl (C=O) groups excluding carboxylic acids is 1. The second kappa shape index (κ2) is 5.50. The minimum atomic E-state index is -0.0383. The van der Waals surface area contributed by atoms with Crippen LogP contribution in [0.2, 0.25) is 0 Å². The van der Waals surface area contributed by atoms with E-state index in [1.165, 1.54) is 12.8 Å².